The fourth-order valence-electron chi connectivity index (χ4n) is 0.864. The Morgan fingerprint density at radius 2 is 2.18 bits per heavy atom. The van der Waals surface area contributed by atoms with Gasteiger partial charge >= 0.3 is 0 Å². The van der Waals surface area contributed by atoms with Gasteiger partial charge in [-0.15, -0.1) is 0 Å². The van der Waals surface area contributed by atoms with Gasteiger partial charge in [0.15, 0.2) is 0 Å². The Morgan fingerprint density at radius 1 is 1.55 bits per heavy atom. The highest BCUT2D eigenvalue weighted by Crippen LogP contribution is 1.98. The highest BCUT2D eigenvalue weighted by atomic mass is 16.3. The molecule has 0 bridgehead atoms. The molecule has 0 saturated carbocycles. The molecule has 11 heavy (non-hydrogen) atoms. The lowest BCUT2D eigenvalue weighted by Gasteiger charge is -2.13. The molecule has 68 valence electrons. The summed E-state index contributed by atoms with van der Waals surface area (Å²) in [4.78, 5) is 0. The first-order valence-electron chi connectivity index (χ1n) is 4.33. The maximum Gasteiger partial charge on any atom is 0.0665 e. The Labute approximate surface area is 69.0 Å². The Kier molecular flexibility index (Phi) is 6.51. The van der Waals surface area contributed by atoms with Gasteiger partial charge in [0.2, 0.25) is 0 Å². The fraction of sp³-hybridized carbons (Fsp3) is 1.00. The minimum Gasteiger partial charge on any atom is -0.392 e. The van der Waals surface area contributed by atoms with E-state index < -0.39 is 0 Å². The second-order valence-electron chi connectivity index (χ2n) is 2.99. The van der Waals surface area contributed by atoms with Crippen molar-refractivity contribution in [3.05, 3.63) is 0 Å². The Morgan fingerprint density at radius 3 is 2.64 bits per heavy atom. The van der Waals surface area contributed by atoms with Crippen LogP contribution in [-0.2, 0) is 0 Å². The van der Waals surface area contributed by atoms with Crippen LogP contribution in [0.1, 0.15) is 33.1 Å². The van der Waals surface area contributed by atoms with Gasteiger partial charge in [-0.3, -0.25) is 5.32 Å². The lowest BCUT2D eigenvalue weighted by Crippen LogP contribution is -2.39. The van der Waals surface area contributed by atoms with Crippen LogP contribution in [0.3, 0.4) is 0 Å². The van der Waals surface area contributed by atoms with E-state index in [9.17, 15) is 5.11 Å². The molecule has 0 aliphatic carbocycles. The van der Waals surface area contributed by atoms with Gasteiger partial charge in [0.1, 0.15) is 0 Å². The van der Waals surface area contributed by atoms with Crippen molar-refractivity contribution in [1.29, 1.82) is 0 Å². The van der Waals surface area contributed by atoms with Crippen LogP contribution < -0.4 is 11.1 Å². The van der Waals surface area contributed by atoms with Crippen LogP contribution in [-0.4, -0.2) is 23.9 Å². The van der Waals surface area contributed by atoms with Gasteiger partial charge in [-0.2, -0.15) is 0 Å². The second-order valence-corrected chi connectivity index (χ2v) is 2.99. The lowest BCUT2D eigenvalue weighted by atomic mass is 10.1. The monoisotopic (exact) mass is 160 g/mol. The van der Waals surface area contributed by atoms with E-state index >= 15 is 0 Å². The number of hydrogen-bond donors (Lipinski definition) is 3. The lowest BCUT2D eigenvalue weighted by molar-refractivity contribution is 0.155. The summed E-state index contributed by atoms with van der Waals surface area (Å²) in [7, 11) is 0. The van der Waals surface area contributed by atoms with Crippen LogP contribution in [0.25, 0.3) is 0 Å². The van der Waals surface area contributed by atoms with Crippen molar-refractivity contribution in [3.63, 3.8) is 0 Å². The Hall–Kier alpha value is -0.120. The molecule has 3 nitrogen and oxygen atoms in total. The van der Waals surface area contributed by atoms with Gasteiger partial charge in [-0.1, -0.05) is 19.8 Å². The van der Waals surface area contributed by atoms with Crippen molar-refractivity contribution in [1.82, 2.24) is 5.32 Å². The average molecular weight is 160 g/mol. The van der Waals surface area contributed by atoms with Crippen molar-refractivity contribution < 1.29 is 5.11 Å². The third-order valence-corrected chi connectivity index (χ3v) is 1.57. The van der Waals surface area contributed by atoms with Crippen molar-refractivity contribution >= 4 is 0 Å². The first-order chi connectivity index (χ1) is 5.16. The third kappa shape index (κ3) is 7.78. The molecule has 0 aromatic heterocycles. The normalized spacial score (nSPS) is 16.4. The van der Waals surface area contributed by atoms with Gasteiger partial charge in [0.25, 0.3) is 0 Å². The number of hydrogen-bond acceptors (Lipinski definition) is 3. The molecule has 0 aliphatic rings. The molecule has 2 atom stereocenters. The molecule has 0 amide bonds. The van der Waals surface area contributed by atoms with E-state index in [0.29, 0.717) is 6.54 Å². The molecule has 0 rings (SSSR count). The van der Waals surface area contributed by atoms with Crippen LogP contribution in [0.5, 0.6) is 0 Å². The molecule has 0 aromatic carbocycles. The number of aliphatic hydroxyl groups is 1. The standard InChI is InChI=1S/C8H20N2O/c1-3-4-5-8(11)6-10-7(2)9/h7-8,10-11H,3-6,9H2,1-2H3. The average Bonchev–Trinajstić information content (AvgIpc) is 1.97. The Bertz CT molecular complexity index is 86.2. The molecule has 4 N–H and O–H groups in total. The van der Waals surface area contributed by atoms with E-state index in [4.69, 9.17) is 5.73 Å². The van der Waals surface area contributed by atoms with Gasteiger partial charge in [0.05, 0.1) is 12.3 Å². The minimum atomic E-state index is -0.235. The predicted octanol–water partition coefficient (Wildman–Crippen LogP) is 0.432. The third-order valence-electron chi connectivity index (χ3n) is 1.57. The molecular weight excluding hydrogens is 140 g/mol. The topological polar surface area (TPSA) is 58.3 Å². The summed E-state index contributed by atoms with van der Waals surface area (Å²) in [5, 5.41) is 12.3. The largest absolute Gasteiger partial charge is 0.392 e. The van der Waals surface area contributed by atoms with Gasteiger partial charge in [-0.05, 0) is 13.3 Å². The molecule has 3 heteroatoms. The van der Waals surface area contributed by atoms with Crippen LogP contribution in [0.2, 0.25) is 0 Å². The first kappa shape index (κ1) is 10.9. The van der Waals surface area contributed by atoms with E-state index in [-0.39, 0.29) is 12.3 Å². The van der Waals surface area contributed by atoms with Crippen molar-refractivity contribution in [2.75, 3.05) is 6.54 Å². The molecule has 0 aliphatic heterocycles. The molecule has 0 spiro atoms. The summed E-state index contributed by atoms with van der Waals surface area (Å²) in [5.41, 5.74) is 5.45. The van der Waals surface area contributed by atoms with Crippen LogP contribution in [0.15, 0.2) is 0 Å². The molecule has 0 aromatic rings. The van der Waals surface area contributed by atoms with Crippen molar-refractivity contribution in [2.45, 2.75) is 45.4 Å². The van der Waals surface area contributed by atoms with E-state index in [2.05, 4.69) is 12.2 Å². The molecule has 2 unspecified atom stereocenters. The summed E-state index contributed by atoms with van der Waals surface area (Å²) < 4.78 is 0. The smallest absolute Gasteiger partial charge is 0.0665 e. The maximum atomic E-state index is 9.31. The molecule has 0 fully saturated rings. The predicted molar refractivity (Wildman–Crippen MR) is 47.2 cm³/mol. The fourth-order valence-corrected chi connectivity index (χ4v) is 0.864. The van der Waals surface area contributed by atoms with Crippen molar-refractivity contribution in [3.8, 4) is 0 Å². The summed E-state index contributed by atoms with van der Waals surface area (Å²) in [6, 6.07) is 0. The second kappa shape index (κ2) is 6.58. The van der Waals surface area contributed by atoms with Crippen LogP contribution in [0.4, 0.5) is 0 Å². The van der Waals surface area contributed by atoms with E-state index in [0.717, 1.165) is 19.3 Å². The molecule has 0 heterocycles. The zero-order valence-corrected chi connectivity index (χ0v) is 7.51. The number of unbranched alkanes of at least 4 members (excludes halogenated alkanes) is 1. The first-order valence-corrected chi connectivity index (χ1v) is 4.33. The van der Waals surface area contributed by atoms with Gasteiger partial charge < -0.3 is 10.8 Å². The summed E-state index contributed by atoms with van der Waals surface area (Å²) in [6.45, 7) is 4.59. The van der Waals surface area contributed by atoms with Crippen LogP contribution >= 0.6 is 0 Å². The number of nitrogens with one attached hydrogen (secondary N) is 1. The molecular formula is C8H20N2O. The minimum absolute atomic E-state index is 0.0220. The number of aliphatic hydroxyl groups excluding tert-OH is 1. The summed E-state index contributed by atoms with van der Waals surface area (Å²) in [6.07, 6.45) is 2.83. The van der Waals surface area contributed by atoms with Gasteiger partial charge in [0, 0.05) is 6.54 Å². The number of nitrogens with two attached hydrogens (primary N) is 1. The molecule has 0 radical (unpaired) electrons. The van der Waals surface area contributed by atoms with E-state index in [1.165, 1.54) is 0 Å². The highest BCUT2D eigenvalue weighted by Gasteiger charge is 2.02. The Balaban J connectivity index is 3.15. The quantitative estimate of drug-likeness (QED) is 0.494. The zero-order chi connectivity index (χ0) is 8.69. The number of rotatable bonds is 6. The zero-order valence-electron chi connectivity index (χ0n) is 7.51. The van der Waals surface area contributed by atoms with E-state index in [1.807, 2.05) is 6.92 Å². The maximum absolute atomic E-state index is 9.31. The summed E-state index contributed by atoms with van der Waals surface area (Å²) >= 11 is 0. The SMILES string of the molecule is CCCCC(O)CNC(C)N. The van der Waals surface area contributed by atoms with Crippen molar-refractivity contribution in [2.24, 2.45) is 5.73 Å². The highest BCUT2D eigenvalue weighted by molar-refractivity contribution is 4.60. The van der Waals surface area contributed by atoms with E-state index in [1.54, 1.807) is 0 Å². The van der Waals surface area contributed by atoms with Gasteiger partial charge in [-0.25, -0.2) is 0 Å². The van der Waals surface area contributed by atoms with Crippen LogP contribution in [0, 0.1) is 0 Å². The summed E-state index contributed by atoms with van der Waals surface area (Å²) in [5.74, 6) is 0. The molecule has 0 saturated heterocycles.